The topological polar surface area (TPSA) is 86.1 Å². The van der Waals surface area contributed by atoms with Crippen LogP contribution in [0.1, 0.15) is 24.5 Å². The largest absolute Gasteiger partial charge is 0.395 e. The molecule has 0 spiro atoms. The van der Waals surface area contributed by atoms with E-state index in [0.717, 1.165) is 60.9 Å². The zero-order valence-electron chi connectivity index (χ0n) is 21.2. The summed E-state index contributed by atoms with van der Waals surface area (Å²) < 4.78 is 4.33. The van der Waals surface area contributed by atoms with Crippen molar-refractivity contribution in [1.82, 2.24) is 24.2 Å². The van der Waals surface area contributed by atoms with E-state index in [-0.39, 0.29) is 12.6 Å². The third-order valence-electron chi connectivity index (χ3n) is 7.90. The van der Waals surface area contributed by atoms with Crippen LogP contribution in [-0.2, 0) is 6.54 Å². The Balaban J connectivity index is 1.29. The first-order chi connectivity index (χ1) is 18.0. The third-order valence-corrected chi connectivity index (χ3v) is 7.90. The zero-order chi connectivity index (χ0) is 25.5. The van der Waals surface area contributed by atoms with Crippen LogP contribution < -0.4 is 4.90 Å². The van der Waals surface area contributed by atoms with Gasteiger partial charge in [-0.1, -0.05) is 12.1 Å². The first-order valence-corrected chi connectivity index (χ1v) is 12.8. The molecule has 4 aromatic rings. The maximum Gasteiger partial charge on any atom is 0.185 e. The summed E-state index contributed by atoms with van der Waals surface area (Å²) in [7, 11) is 2.10. The number of anilines is 1. The summed E-state index contributed by atoms with van der Waals surface area (Å²) in [5.74, 6) is 1.42. The number of benzene rings is 2. The molecule has 8 nitrogen and oxygen atoms in total. The van der Waals surface area contributed by atoms with Gasteiger partial charge in [0.15, 0.2) is 5.82 Å². The lowest BCUT2D eigenvalue weighted by Gasteiger charge is -2.26. The molecular weight excluding hydrogens is 462 g/mol. The minimum Gasteiger partial charge on any atom is -0.395 e. The molecule has 2 aliphatic rings. The lowest BCUT2D eigenvalue weighted by atomic mass is 10.1. The summed E-state index contributed by atoms with van der Waals surface area (Å²) >= 11 is 0. The molecule has 1 saturated heterocycles. The number of hydrogen-bond donors (Lipinski definition) is 1. The summed E-state index contributed by atoms with van der Waals surface area (Å²) in [6, 6.07) is 19.0. The molecule has 0 amide bonds. The molecule has 2 aromatic carbocycles. The first-order valence-electron chi connectivity index (χ1n) is 12.8. The Bertz CT molecular complexity index is 1460. The summed E-state index contributed by atoms with van der Waals surface area (Å²) in [5.41, 5.74) is 7.44. The van der Waals surface area contributed by atoms with Crippen molar-refractivity contribution in [1.29, 1.82) is 5.26 Å². The van der Waals surface area contributed by atoms with Crippen LogP contribution in [0.5, 0.6) is 0 Å². The number of aliphatic hydroxyl groups is 1. The highest BCUT2D eigenvalue weighted by atomic mass is 16.3. The summed E-state index contributed by atoms with van der Waals surface area (Å²) in [6.45, 7) is 6.07. The van der Waals surface area contributed by atoms with Gasteiger partial charge in [-0.3, -0.25) is 4.57 Å². The quantitative estimate of drug-likeness (QED) is 0.388. The molecule has 37 heavy (non-hydrogen) atoms. The normalized spacial score (nSPS) is 17.2. The molecule has 4 heterocycles. The van der Waals surface area contributed by atoms with Gasteiger partial charge in [-0.05, 0) is 73.8 Å². The molecule has 0 radical (unpaired) electrons. The molecule has 8 heteroatoms. The highest BCUT2D eigenvalue weighted by Gasteiger charge is 2.27. The highest BCUT2D eigenvalue weighted by Crippen LogP contribution is 2.35. The van der Waals surface area contributed by atoms with E-state index in [9.17, 15) is 5.11 Å². The fraction of sp³-hybridized carbons (Fsp3) is 0.345. The molecule has 0 aliphatic carbocycles. The van der Waals surface area contributed by atoms with Crippen LogP contribution in [0.15, 0.2) is 61.1 Å². The molecule has 2 aromatic heterocycles. The lowest BCUT2D eigenvalue weighted by molar-refractivity contribution is 0.145. The van der Waals surface area contributed by atoms with E-state index in [1.54, 1.807) is 6.33 Å². The van der Waals surface area contributed by atoms with Crippen molar-refractivity contribution in [2.24, 2.45) is 5.92 Å². The van der Waals surface area contributed by atoms with Gasteiger partial charge in [0.25, 0.3) is 0 Å². The second-order valence-electron chi connectivity index (χ2n) is 10.3. The van der Waals surface area contributed by atoms with Crippen LogP contribution >= 0.6 is 0 Å². The fourth-order valence-electron chi connectivity index (χ4n) is 5.57. The van der Waals surface area contributed by atoms with Crippen molar-refractivity contribution < 1.29 is 5.11 Å². The van der Waals surface area contributed by atoms with Gasteiger partial charge in [-0.15, -0.1) is 10.2 Å². The third kappa shape index (κ3) is 4.31. The molecule has 0 bridgehead atoms. The predicted octanol–water partition coefficient (Wildman–Crippen LogP) is 3.78. The molecule has 0 saturated carbocycles. The Hall–Kier alpha value is -3.93. The SMILES string of the molecule is C[C@@H](CO)N(C)C[C@H]1CCN(c2ccc3c(c2)Cn2cc(-c4ccc(C#N)cc4)cc2-c2nncn2-3)C1. The minimum absolute atomic E-state index is 0.185. The number of nitrogens with zero attached hydrogens (tertiary/aromatic N) is 7. The van der Waals surface area contributed by atoms with Crippen molar-refractivity contribution >= 4 is 5.69 Å². The van der Waals surface area contributed by atoms with Crippen molar-refractivity contribution in [2.45, 2.75) is 25.9 Å². The van der Waals surface area contributed by atoms with Crippen molar-refractivity contribution in [3.8, 4) is 34.4 Å². The van der Waals surface area contributed by atoms with Gasteiger partial charge in [0.2, 0.25) is 0 Å². The number of likely N-dealkylation sites (N-methyl/N-ethyl adjacent to an activating group) is 1. The molecule has 6 rings (SSSR count). The van der Waals surface area contributed by atoms with Crippen molar-refractivity contribution in [3.05, 3.63) is 72.2 Å². The molecule has 188 valence electrons. The van der Waals surface area contributed by atoms with Gasteiger partial charge >= 0.3 is 0 Å². The summed E-state index contributed by atoms with van der Waals surface area (Å²) in [5, 5.41) is 27.3. The van der Waals surface area contributed by atoms with Gasteiger partial charge in [0.1, 0.15) is 6.33 Å². The number of hydrogen-bond acceptors (Lipinski definition) is 6. The van der Waals surface area contributed by atoms with E-state index in [0.29, 0.717) is 11.5 Å². The Morgan fingerprint density at radius 3 is 2.78 bits per heavy atom. The lowest BCUT2D eigenvalue weighted by Crippen LogP contribution is -2.36. The molecule has 1 fully saturated rings. The van der Waals surface area contributed by atoms with Gasteiger partial charge < -0.3 is 19.5 Å². The second kappa shape index (κ2) is 9.51. The molecular formula is C29H31N7O. The predicted molar refractivity (Wildman–Crippen MR) is 144 cm³/mol. The number of nitriles is 1. The van der Waals surface area contributed by atoms with Crippen LogP contribution in [-0.4, -0.2) is 68.7 Å². The zero-order valence-corrected chi connectivity index (χ0v) is 21.2. The maximum atomic E-state index is 9.48. The average Bonchev–Trinajstić information content (AvgIpc) is 3.67. The standard InChI is InChI=1S/C29H31N7O/c1-20(18-37)33(2)14-22-9-10-34(15-22)26-7-8-27-25(11-26)17-35-16-24(23-5-3-21(13-30)4-6-23)12-28(35)29-32-31-19-36(27)29/h3-8,11-12,16,19-20,22,37H,9-10,14-15,17-18H2,1-2H3/t20-,22+/m0/s1. The van der Waals surface area contributed by atoms with Crippen molar-refractivity contribution in [2.75, 3.05) is 38.2 Å². The second-order valence-corrected chi connectivity index (χ2v) is 10.3. The number of aliphatic hydroxyl groups excluding tert-OH is 1. The van der Waals surface area contributed by atoms with Crippen LogP contribution in [0, 0.1) is 17.2 Å². The smallest absolute Gasteiger partial charge is 0.185 e. The number of rotatable bonds is 6. The maximum absolute atomic E-state index is 9.48. The van der Waals surface area contributed by atoms with Crippen LogP contribution in [0.4, 0.5) is 5.69 Å². The first kappa shape index (κ1) is 23.5. The van der Waals surface area contributed by atoms with Crippen LogP contribution in [0.25, 0.3) is 28.3 Å². The molecule has 0 unspecified atom stereocenters. The van der Waals surface area contributed by atoms with E-state index in [1.165, 1.54) is 11.3 Å². The van der Waals surface area contributed by atoms with E-state index in [4.69, 9.17) is 5.26 Å². The van der Waals surface area contributed by atoms with E-state index >= 15 is 0 Å². The fourth-order valence-corrected chi connectivity index (χ4v) is 5.57. The van der Waals surface area contributed by atoms with Gasteiger partial charge in [-0.25, -0.2) is 0 Å². The number of aromatic nitrogens is 4. The van der Waals surface area contributed by atoms with Crippen LogP contribution in [0.3, 0.4) is 0 Å². The Morgan fingerprint density at radius 2 is 2.00 bits per heavy atom. The monoisotopic (exact) mass is 493 g/mol. The van der Waals surface area contributed by atoms with E-state index < -0.39 is 0 Å². The number of fused-ring (bicyclic) bond motifs is 5. The summed E-state index contributed by atoms with van der Waals surface area (Å²) in [4.78, 5) is 4.75. The van der Waals surface area contributed by atoms with Crippen molar-refractivity contribution in [3.63, 3.8) is 0 Å². The Morgan fingerprint density at radius 1 is 1.16 bits per heavy atom. The molecule has 1 N–H and O–H groups in total. The molecule has 2 aliphatic heterocycles. The van der Waals surface area contributed by atoms with E-state index in [2.05, 4.69) is 79.6 Å². The van der Waals surface area contributed by atoms with Crippen LogP contribution in [0.2, 0.25) is 0 Å². The minimum atomic E-state index is 0.185. The Kier molecular flexibility index (Phi) is 6.03. The van der Waals surface area contributed by atoms with Gasteiger partial charge in [0.05, 0.1) is 29.6 Å². The Labute approximate surface area is 217 Å². The van der Waals surface area contributed by atoms with Gasteiger partial charge in [-0.2, -0.15) is 5.26 Å². The van der Waals surface area contributed by atoms with Gasteiger partial charge in [0, 0.05) is 49.7 Å². The average molecular weight is 494 g/mol. The molecule has 2 atom stereocenters. The summed E-state index contributed by atoms with van der Waals surface area (Å²) in [6.07, 6.45) is 5.12. The highest BCUT2D eigenvalue weighted by molar-refractivity contribution is 5.72. The van der Waals surface area contributed by atoms with E-state index in [1.807, 2.05) is 24.3 Å².